The molecular weight excluding hydrogens is 420 g/mol. The molecule has 1 aliphatic heterocycles. The molecule has 0 unspecified atom stereocenters. The second kappa shape index (κ2) is 7.51. The zero-order chi connectivity index (χ0) is 22.0. The van der Waals surface area contributed by atoms with Crippen LogP contribution in [0.5, 0.6) is 0 Å². The number of anilines is 2. The second-order valence-electron chi connectivity index (χ2n) is 11.0. The van der Waals surface area contributed by atoms with Gasteiger partial charge in [0.25, 0.3) is 5.56 Å². The highest BCUT2D eigenvalue weighted by atomic mass is 35.5. The van der Waals surface area contributed by atoms with Crippen LogP contribution < -0.4 is 15.4 Å². The summed E-state index contributed by atoms with van der Waals surface area (Å²) in [6, 6.07) is 6.63. The molecule has 0 spiro atoms. The van der Waals surface area contributed by atoms with E-state index in [2.05, 4.69) is 41.8 Å². The molecule has 5 nitrogen and oxygen atoms in total. The van der Waals surface area contributed by atoms with Gasteiger partial charge in [0.2, 0.25) is 0 Å². The maximum absolute atomic E-state index is 13.4. The first-order valence-corrected chi connectivity index (χ1v) is 12.7. The van der Waals surface area contributed by atoms with E-state index >= 15 is 0 Å². The molecule has 4 saturated carbocycles. The van der Waals surface area contributed by atoms with Gasteiger partial charge in [0.1, 0.15) is 5.02 Å². The van der Waals surface area contributed by atoms with Gasteiger partial charge in [-0.3, -0.25) is 4.79 Å². The number of nitrogens with zero attached hydrogens (tertiary/aromatic N) is 4. The molecule has 6 heteroatoms. The molecule has 1 aromatic carbocycles. The SMILES string of the molecule is Cc1ccc(C)c(N2CCN(c3cnn(C45CC6CC(CC(C6)C4)C5)c(=O)c3Cl)CC2)c1. The van der Waals surface area contributed by atoms with E-state index in [1.807, 2.05) is 6.20 Å². The Morgan fingerprint density at radius 3 is 2.06 bits per heavy atom. The fourth-order valence-electron chi connectivity index (χ4n) is 7.56. The number of rotatable bonds is 3. The topological polar surface area (TPSA) is 41.4 Å². The average Bonchev–Trinajstić information content (AvgIpc) is 2.76. The first-order chi connectivity index (χ1) is 15.4. The summed E-state index contributed by atoms with van der Waals surface area (Å²) in [5.41, 5.74) is 4.54. The molecular formula is C26H33ClN4O. The standard InChI is InChI=1S/C26H33ClN4O/c1-17-3-4-18(2)22(9-17)29-5-7-30(8-6-29)23-16-28-31(25(32)24(23)27)26-13-19-10-20(14-26)12-21(11-19)15-26/h3-4,9,16,19-21H,5-8,10-15H2,1-2H3. The van der Waals surface area contributed by atoms with E-state index < -0.39 is 0 Å². The number of benzene rings is 1. The minimum atomic E-state index is -0.0879. The zero-order valence-electron chi connectivity index (χ0n) is 19.2. The minimum Gasteiger partial charge on any atom is -0.368 e. The van der Waals surface area contributed by atoms with Gasteiger partial charge in [0, 0.05) is 31.9 Å². The largest absolute Gasteiger partial charge is 0.368 e. The van der Waals surface area contributed by atoms with Crippen LogP contribution in [0.15, 0.2) is 29.2 Å². The minimum absolute atomic E-state index is 0.0805. The lowest BCUT2D eigenvalue weighted by Crippen LogP contribution is -2.55. The highest BCUT2D eigenvalue weighted by molar-refractivity contribution is 6.33. The van der Waals surface area contributed by atoms with Crippen LogP contribution >= 0.6 is 11.6 Å². The highest BCUT2D eigenvalue weighted by Gasteiger charge is 2.53. The summed E-state index contributed by atoms with van der Waals surface area (Å²) in [5.74, 6) is 2.31. The molecule has 5 aliphatic rings. The summed E-state index contributed by atoms with van der Waals surface area (Å²) in [5, 5.41) is 5.13. The van der Waals surface area contributed by atoms with Crippen LogP contribution in [-0.4, -0.2) is 36.0 Å². The third kappa shape index (κ3) is 3.27. The molecule has 2 aromatic rings. The lowest BCUT2D eigenvalue weighted by molar-refractivity contribution is -0.0518. The molecule has 0 atom stereocenters. The monoisotopic (exact) mass is 452 g/mol. The fraction of sp³-hybridized carbons (Fsp3) is 0.615. The van der Waals surface area contributed by atoms with E-state index in [1.54, 1.807) is 4.68 Å². The van der Waals surface area contributed by atoms with Crippen molar-refractivity contribution in [3.05, 3.63) is 50.9 Å². The smallest absolute Gasteiger partial charge is 0.288 e. The highest BCUT2D eigenvalue weighted by Crippen LogP contribution is 2.58. The summed E-state index contributed by atoms with van der Waals surface area (Å²) in [6.07, 6.45) is 9.25. The van der Waals surface area contributed by atoms with Gasteiger partial charge in [0.05, 0.1) is 17.4 Å². The lowest BCUT2D eigenvalue weighted by atomic mass is 9.53. The molecule has 5 fully saturated rings. The Morgan fingerprint density at radius 1 is 0.906 bits per heavy atom. The van der Waals surface area contributed by atoms with Crippen LogP contribution in [-0.2, 0) is 5.54 Å². The third-order valence-corrected chi connectivity index (χ3v) is 9.04. The zero-order valence-corrected chi connectivity index (χ0v) is 19.9. The first-order valence-electron chi connectivity index (χ1n) is 12.3. The van der Waals surface area contributed by atoms with Gasteiger partial charge in [-0.25, -0.2) is 4.68 Å². The summed E-state index contributed by atoms with van der Waals surface area (Å²) in [7, 11) is 0. The van der Waals surface area contributed by atoms with Crippen LogP contribution in [0.4, 0.5) is 11.4 Å². The van der Waals surface area contributed by atoms with Crippen molar-refractivity contribution in [2.45, 2.75) is 57.9 Å². The maximum Gasteiger partial charge on any atom is 0.288 e. The van der Waals surface area contributed by atoms with Crippen molar-refractivity contribution in [1.82, 2.24) is 9.78 Å². The van der Waals surface area contributed by atoms with Gasteiger partial charge < -0.3 is 9.80 Å². The molecule has 170 valence electrons. The van der Waals surface area contributed by atoms with Crippen LogP contribution in [0.1, 0.15) is 49.7 Å². The molecule has 0 N–H and O–H groups in total. The van der Waals surface area contributed by atoms with Gasteiger partial charge in [-0.15, -0.1) is 0 Å². The van der Waals surface area contributed by atoms with Crippen LogP contribution in [0.3, 0.4) is 0 Å². The van der Waals surface area contributed by atoms with E-state index in [0.717, 1.165) is 68.9 Å². The van der Waals surface area contributed by atoms with Gasteiger partial charge in [0.15, 0.2) is 0 Å². The fourth-order valence-corrected chi connectivity index (χ4v) is 7.80. The van der Waals surface area contributed by atoms with Crippen molar-refractivity contribution in [3.63, 3.8) is 0 Å². The Hall–Kier alpha value is -2.01. The number of piperazine rings is 1. The van der Waals surface area contributed by atoms with E-state index in [1.165, 1.54) is 36.1 Å². The quantitative estimate of drug-likeness (QED) is 0.672. The van der Waals surface area contributed by atoms with Crippen molar-refractivity contribution < 1.29 is 0 Å². The Balaban J connectivity index is 1.23. The number of halogens is 1. The number of hydrogen-bond donors (Lipinski definition) is 0. The van der Waals surface area contributed by atoms with Crippen molar-refractivity contribution in [2.24, 2.45) is 17.8 Å². The molecule has 4 bridgehead atoms. The first kappa shape index (κ1) is 20.6. The number of aromatic nitrogens is 2. The van der Waals surface area contributed by atoms with Gasteiger partial charge in [-0.1, -0.05) is 23.7 Å². The molecule has 1 aromatic heterocycles. The van der Waals surface area contributed by atoms with Crippen molar-refractivity contribution in [2.75, 3.05) is 36.0 Å². The van der Waals surface area contributed by atoms with Crippen molar-refractivity contribution in [1.29, 1.82) is 0 Å². The molecule has 1 saturated heterocycles. The second-order valence-corrected chi connectivity index (χ2v) is 11.3. The van der Waals surface area contributed by atoms with Crippen LogP contribution in [0, 0.1) is 31.6 Å². The van der Waals surface area contributed by atoms with Gasteiger partial charge in [-0.05, 0) is 87.3 Å². The predicted octanol–water partition coefficient (Wildman–Crippen LogP) is 4.77. The summed E-state index contributed by atoms with van der Waals surface area (Å²) >= 11 is 6.74. The lowest BCUT2D eigenvalue weighted by Gasteiger charge is -2.56. The molecule has 0 radical (unpaired) electrons. The van der Waals surface area contributed by atoms with Crippen molar-refractivity contribution >= 4 is 23.0 Å². The Bertz CT molecular complexity index is 1070. The molecule has 0 amide bonds. The van der Waals surface area contributed by atoms with E-state index in [0.29, 0.717) is 5.02 Å². The van der Waals surface area contributed by atoms with Crippen LogP contribution in [0.2, 0.25) is 5.02 Å². The molecule has 4 aliphatic carbocycles. The Labute approximate surface area is 195 Å². The van der Waals surface area contributed by atoms with Gasteiger partial charge >= 0.3 is 0 Å². The summed E-state index contributed by atoms with van der Waals surface area (Å²) < 4.78 is 1.80. The number of hydrogen-bond acceptors (Lipinski definition) is 4. The predicted molar refractivity (Wildman–Crippen MR) is 130 cm³/mol. The number of aryl methyl sites for hydroxylation is 2. The van der Waals surface area contributed by atoms with Crippen molar-refractivity contribution in [3.8, 4) is 0 Å². The van der Waals surface area contributed by atoms with E-state index in [-0.39, 0.29) is 11.1 Å². The Morgan fingerprint density at radius 2 is 1.47 bits per heavy atom. The van der Waals surface area contributed by atoms with Gasteiger partial charge in [-0.2, -0.15) is 5.10 Å². The molecule has 32 heavy (non-hydrogen) atoms. The van der Waals surface area contributed by atoms with Crippen LogP contribution in [0.25, 0.3) is 0 Å². The molecule has 2 heterocycles. The van der Waals surface area contributed by atoms with E-state index in [9.17, 15) is 4.79 Å². The summed E-state index contributed by atoms with van der Waals surface area (Å²) in [6.45, 7) is 7.83. The summed E-state index contributed by atoms with van der Waals surface area (Å²) in [4.78, 5) is 18.1. The maximum atomic E-state index is 13.4. The normalized spacial score (nSPS) is 31.4. The third-order valence-electron chi connectivity index (χ3n) is 8.68. The molecule has 7 rings (SSSR count). The van der Waals surface area contributed by atoms with E-state index in [4.69, 9.17) is 16.7 Å². The average molecular weight is 453 g/mol. The Kier molecular flexibility index (Phi) is 4.83.